The van der Waals surface area contributed by atoms with E-state index in [0.717, 1.165) is 6.07 Å². The number of thiophene rings is 1. The van der Waals surface area contributed by atoms with Crippen LogP contribution in [0.2, 0.25) is 0 Å². The second-order valence-electron chi connectivity index (χ2n) is 5.62. The van der Waals surface area contributed by atoms with Gasteiger partial charge in [-0.25, -0.2) is 4.98 Å². The van der Waals surface area contributed by atoms with Crippen molar-refractivity contribution in [2.45, 2.75) is 32.4 Å². The Kier molecular flexibility index (Phi) is 3.40. The monoisotopic (exact) mass is 317 g/mol. The number of carboxylic acid groups (broad SMARTS) is 1. The number of aromatic carboxylic acids is 1. The second kappa shape index (κ2) is 4.59. The van der Waals surface area contributed by atoms with Gasteiger partial charge in [0.2, 0.25) is 0 Å². The smallest absolute Gasteiger partial charge is 0.417 e. The molecule has 4 nitrogen and oxygen atoms in total. The summed E-state index contributed by atoms with van der Waals surface area (Å²) in [4.78, 5) is 14.6. The number of fused-ring (bicyclic) bond motifs is 1. The van der Waals surface area contributed by atoms with Gasteiger partial charge in [-0.05, 0) is 6.07 Å². The predicted octanol–water partition coefficient (Wildman–Crippen LogP) is 2.56. The van der Waals surface area contributed by atoms with Gasteiger partial charge in [0.05, 0.1) is 22.1 Å². The van der Waals surface area contributed by atoms with Crippen LogP contribution in [0.4, 0.5) is 18.9 Å². The summed E-state index contributed by atoms with van der Waals surface area (Å²) < 4.78 is 39.7. The molecular weight excluding hydrogens is 305 g/mol. The average molecular weight is 317 g/mol. The highest BCUT2D eigenvalue weighted by atomic mass is 32.1. The highest BCUT2D eigenvalue weighted by Crippen LogP contribution is 2.43. The summed E-state index contributed by atoms with van der Waals surface area (Å²) in [5.41, 5.74) is 3.72. The number of nitrogens with two attached hydrogens (primary N) is 1. The van der Waals surface area contributed by atoms with Crippen molar-refractivity contribution in [3.63, 3.8) is 0 Å². The van der Waals surface area contributed by atoms with Crippen LogP contribution in [-0.2, 0) is 11.6 Å². The van der Waals surface area contributed by atoms with Gasteiger partial charge in [-0.15, -0.1) is 11.3 Å². The number of pyridine rings is 1. The number of anilines is 1. The molecule has 2 aromatic rings. The molecule has 0 fully saturated rings. The quantitative estimate of drug-likeness (QED) is 0.876. The first kappa shape index (κ1) is 15.6. The summed E-state index contributed by atoms with van der Waals surface area (Å²) in [6.45, 7) is 5.16. The molecule has 2 aromatic heterocycles. The van der Waals surface area contributed by atoms with Crippen LogP contribution >= 0.6 is 11.3 Å². The molecule has 0 aliphatic heterocycles. The van der Waals surface area contributed by atoms with Crippen LogP contribution in [-0.4, -0.2) is 11.0 Å². The van der Waals surface area contributed by atoms with Gasteiger partial charge in [0.1, 0.15) is 4.83 Å². The molecule has 0 saturated heterocycles. The van der Waals surface area contributed by atoms with Crippen molar-refractivity contribution in [2.75, 3.05) is 5.73 Å². The van der Waals surface area contributed by atoms with E-state index in [4.69, 9.17) is 5.73 Å². The summed E-state index contributed by atoms with van der Waals surface area (Å²) in [7, 11) is 0. The molecule has 2 rings (SSSR count). The Labute approximate surface area is 122 Å². The minimum Gasteiger partial charge on any atom is -0.544 e. The molecule has 0 aromatic carbocycles. The van der Waals surface area contributed by atoms with Gasteiger partial charge in [-0.2, -0.15) is 13.2 Å². The molecule has 0 unspecified atom stereocenters. The summed E-state index contributed by atoms with van der Waals surface area (Å²) >= 11 is 0.594. The number of rotatable bonds is 1. The molecule has 0 aliphatic rings. The van der Waals surface area contributed by atoms with Crippen LogP contribution in [0.25, 0.3) is 10.2 Å². The number of alkyl halides is 3. The number of carbonyl (C=O) groups excluding carboxylic acids is 1. The van der Waals surface area contributed by atoms with Gasteiger partial charge in [0, 0.05) is 16.5 Å². The van der Waals surface area contributed by atoms with Crippen molar-refractivity contribution in [1.29, 1.82) is 0 Å². The Morgan fingerprint density at radius 2 is 1.90 bits per heavy atom. The van der Waals surface area contributed by atoms with Crippen molar-refractivity contribution in [1.82, 2.24) is 4.98 Å². The van der Waals surface area contributed by atoms with E-state index in [-0.39, 0.29) is 15.9 Å². The Morgan fingerprint density at radius 3 is 2.33 bits per heavy atom. The predicted molar refractivity (Wildman–Crippen MR) is 72.1 cm³/mol. The van der Waals surface area contributed by atoms with Crippen LogP contribution in [0.3, 0.4) is 0 Å². The Morgan fingerprint density at radius 1 is 1.33 bits per heavy atom. The first-order chi connectivity index (χ1) is 9.43. The number of aromatic nitrogens is 1. The summed E-state index contributed by atoms with van der Waals surface area (Å²) in [5.74, 6) is -1.61. The number of hydrogen-bond donors (Lipinski definition) is 1. The second-order valence-corrected chi connectivity index (χ2v) is 6.61. The Hall–Kier alpha value is -1.83. The first-order valence-corrected chi connectivity index (χ1v) is 6.76. The molecule has 8 heteroatoms. The minimum atomic E-state index is -4.65. The lowest BCUT2D eigenvalue weighted by molar-refractivity contribution is -0.254. The van der Waals surface area contributed by atoms with Crippen LogP contribution in [0, 0.1) is 0 Å². The molecule has 0 radical (unpaired) electrons. The zero-order chi connectivity index (χ0) is 16.2. The van der Waals surface area contributed by atoms with Crippen molar-refractivity contribution in [2.24, 2.45) is 0 Å². The number of hydrogen-bond acceptors (Lipinski definition) is 5. The van der Waals surface area contributed by atoms with Gasteiger partial charge in [0.25, 0.3) is 0 Å². The Bertz CT molecular complexity index is 730. The summed E-state index contributed by atoms with van der Waals surface area (Å²) in [6.07, 6.45) is -4.65. The van der Waals surface area contributed by atoms with E-state index in [1.54, 1.807) is 20.8 Å². The van der Waals surface area contributed by atoms with E-state index >= 15 is 0 Å². The van der Waals surface area contributed by atoms with Crippen LogP contribution < -0.4 is 10.8 Å². The third-order valence-electron chi connectivity index (χ3n) is 2.96. The molecule has 21 heavy (non-hydrogen) atoms. The molecule has 2 N–H and O–H groups in total. The van der Waals surface area contributed by atoms with Gasteiger partial charge in [-0.1, -0.05) is 20.8 Å². The van der Waals surface area contributed by atoms with Gasteiger partial charge < -0.3 is 15.6 Å². The molecule has 0 saturated carbocycles. The lowest BCUT2D eigenvalue weighted by atomic mass is 9.90. The highest BCUT2D eigenvalue weighted by molar-refractivity contribution is 7.21. The molecule has 114 valence electrons. The van der Waals surface area contributed by atoms with E-state index in [2.05, 4.69) is 4.98 Å². The van der Waals surface area contributed by atoms with Crippen molar-refractivity contribution in [3.8, 4) is 0 Å². The summed E-state index contributed by atoms with van der Waals surface area (Å²) in [5, 5.41) is 10.6. The molecule has 0 amide bonds. The zero-order valence-corrected chi connectivity index (χ0v) is 12.3. The number of nitrogens with zero attached hydrogens (tertiary/aromatic N) is 1. The van der Waals surface area contributed by atoms with E-state index < -0.39 is 33.7 Å². The molecule has 0 atom stereocenters. The van der Waals surface area contributed by atoms with E-state index in [9.17, 15) is 23.1 Å². The maximum Gasteiger partial charge on any atom is 0.417 e. The SMILES string of the molecule is CC(C)(C)c1cc(C(F)(F)F)c2c(N)c(C(=O)[O-])sc2n1. The molecule has 0 aliphatic carbocycles. The van der Waals surface area contributed by atoms with Crippen LogP contribution in [0.5, 0.6) is 0 Å². The normalized spacial score (nSPS) is 12.9. The molecule has 2 heterocycles. The van der Waals surface area contributed by atoms with E-state index in [1.165, 1.54) is 0 Å². The van der Waals surface area contributed by atoms with Crippen molar-refractivity contribution < 1.29 is 23.1 Å². The van der Waals surface area contributed by atoms with Gasteiger partial charge >= 0.3 is 6.18 Å². The molecule has 0 spiro atoms. The minimum absolute atomic E-state index is 0.0496. The summed E-state index contributed by atoms with van der Waals surface area (Å²) in [6, 6.07) is 0.921. The highest BCUT2D eigenvalue weighted by Gasteiger charge is 2.36. The molecule has 0 bridgehead atoms. The average Bonchev–Trinajstić information content (AvgIpc) is 2.63. The Balaban J connectivity index is 2.92. The largest absolute Gasteiger partial charge is 0.544 e. The topological polar surface area (TPSA) is 79.0 Å². The van der Waals surface area contributed by atoms with Gasteiger partial charge in [0.15, 0.2) is 0 Å². The third kappa shape index (κ3) is 2.67. The maximum absolute atomic E-state index is 13.2. The maximum atomic E-state index is 13.2. The number of carbonyl (C=O) groups is 1. The van der Waals surface area contributed by atoms with Crippen LogP contribution in [0.15, 0.2) is 6.07 Å². The van der Waals surface area contributed by atoms with Crippen LogP contribution in [0.1, 0.15) is 41.7 Å². The lowest BCUT2D eigenvalue weighted by Crippen LogP contribution is -2.22. The third-order valence-corrected chi connectivity index (χ3v) is 4.04. The lowest BCUT2D eigenvalue weighted by Gasteiger charge is -2.20. The fourth-order valence-electron chi connectivity index (χ4n) is 1.88. The van der Waals surface area contributed by atoms with Gasteiger partial charge in [-0.3, -0.25) is 0 Å². The standard InChI is InChI=1S/C13H13F3N2O2S/c1-12(2,3)6-4-5(13(14,15)16)7-8(17)9(11(19)20)21-10(7)18-6/h4H,17H2,1-3H3,(H,19,20)/p-1. The number of nitrogen functional groups attached to an aromatic ring is 1. The van der Waals surface area contributed by atoms with E-state index in [0.29, 0.717) is 11.3 Å². The fraction of sp³-hybridized carbons (Fsp3) is 0.385. The fourth-order valence-corrected chi connectivity index (χ4v) is 2.84. The number of halogens is 3. The van der Waals surface area contributed by atoms with Crippen molar-refractivity contribution >= 4 is 33.2 Å². The first-order valence-electron chi connectivity index (χ1n) is 5.95. The molecular formula is C13H12F3N2O2S-. The number of carboxylic acids is 1. The van der Waals surface area contributed by atoms with Crippen molar-refractivity contribution in [3.05, 3.63) is 22.2 Å². The zero-order valence-electron chi connectivity index (χ0n) is 11.5. The van der Waals surface area contributed by atoms with E-state index in [1.807, 2.05) is 0 Å².